The Morgan fingerprint density at radius 3 is 2.81 bits per heavy atom. The van der Waals surface area contributed by atoms with Gasteiger partial charge < -0.3 is 9.32 Å². The minimum absolute atomic E-state index is 0.0851. The smallest absolute Gasteiger partial charge is 0.256 e. The van der Waals surface area contributed by atoms with Crippen LogP contribution in [0.15, 0.2) is 71.2 Å². The summed E-state index contributed by atoms with van der Waals surface area (Å²) in [6.07, 6.45) is 8.62. The molecule has 0 aliphatic carbocycles. The van der Waals surface area contributed by atoms with Gasteiger partial charge >= 0.3 is 0 Å². The zero-order chi connectivity index (χ0) is 18.6. The Morgan fingerprint density at radius 1 is 1.19 bits per heavy atom. The highest BCUT2D eigenvalue weighted by Crippen LogP contribution is 2.21. The van der Waals surface area contributed by atoms with E-state index >= 15 is 0 Å². The Balaban J connectivity index is 1.62. The average Bonchev–Trinajstić information content (AvgIpc) is 3.44. The standard InChI is InChI=1S/C20H18N4O2S/c1-23-12-17(11-22-23)15-8-16(10-21-9-15)20(25)24(13-18-4-2-6-26-18)14-19-5-3-7-27-19/h2-12H,13-14H2,1H3. The number of carbonyl (C=O) groups is 1. The van der Waals surface area contributed by atoms with Crippen molar-refractivity contribution in [2.75, 3.05) is 0 Å². The number of pyridine rings is 1. The molecular formula is C20H18N4O2S. The molecule has 4 aromatic rings. The molecule has 0 saturated carbocycles. The number of hydrogen-bond donors (Lipinski definition) is 0. The Hall–Kier alpha value is -3.19. The Morgan fingerprint density at radius 2 is 2.11 bits per heavy atom. The van der Waals surface area contributed by atoms with E-state index in [0.29, 0.717) is 18.7 Å². The molecule has 0 N–H and O–H groups in total. The number of amides is 1. The molecule has 0 bridgehead atoms. The van der Waals surface area contributed by atoms with Crippen LogP contribution in [0.3, 0.4) is 0 Å². The molecule has 27 heavy (non-hydrogen) atoms. The highest BCUT2D eigenvalue weighted by molar-refractivity contribution is 7.09. The van der Waals surface area contributed by atoms with E-state index < -0.39 is 0 Å². The number of thiophene rings is 1. The van der Waals surface area contributed by atoms with E-state index in [-0.39, 0.29) is 5.91 Å². The average molecular weight is 378 g/mol. The predicted octanol–water partition coefficient (Wildman–Crippen LogP) is 3.98. The van der Waals surface area contributed by atoms with Gasteiger partial charge in [-0.2, -0.15) is 5.10 Å². The Kier molecular flexibility index (Phi) is 4.84. The largest absolute Gasteiger partial charge is 0.467 e. The number of hydrogen-bond acceptors (Lipinski definition) is 5. The molecule has 0 atom stereocenters. The van der Waals surface area contributed by atoms with Crippen LogP contribution < -0.4 is 0 Å². The van der Waals surface area contributed by atoms with Crippen LogP contribution >= 0.6 is 11.3 Å². The van der Waals surface area contributed by atoms with E-state index in [9.17, 15) is 4.79 Å². The molecule has 0 aliphatic rings. The molecule has 136 valence electrons. The second-order valence-corrected chi connectivity index (χ2v) is 7.22. The minimum atomic E-state index is -0.0851. The summed E-state index contributed by atoms with van der Waals surface area (Å²) in [4.78, 5) is 20.4. The fourth-order valence-electron chi connectivity index (χ4n) is 2.85. The number of aromatic nitrogens is 3. The van der Waals surface area contributed by atoms with Crippen molar-refractivity contribution >= 4 is 17.2 Å². The molecule has 6 nitrogen and oxygen atoms in total. The number of rotatable bonds is 6. The van der Waals surface area contributed by atoms with E-state index in [1.165, 1.54) is 0 Å². The summed E-state index contributed by atoms with van der Waals surface area (Å²) in [7, 11) is 1.86. The predicted molar refractivity (Wildman–Crippen MR) is 103 cm³/mol. The third-order valence-corrected chi connectivity index (χ3v) is 5.03. The van der Waals surface area contributed by atoms with Crippen LogP contribution in [0.5, 0.6) is 0 Å². The fraction of sp³-hybridized carbons (Fsp3) is 0.150. The lowest BCUT2D eigenvalue weighted by Crippen LogP contribution is -2.29. The van der Waals surface area contributed by atoms with Crippen LogP contribution in [0.1, 0.15) is 21.0 Å². The van der Waals surface area contributed by atoms with Gasteiger partial charge in [-0.15, -0.1) is 11.3 Å². The van der Waals surface area contributed by atoms with Crippen molar-refractivity contribution in [1.29, 1.82) is 0 Å². The molecule has 4 rings (SSSR count). The van der Waals surface area contributed by atoms with Crippen molar-refractivity contribution in [3.8, 4) is 11.1 Å². The minimum Gasteiger partial charge on any atom is -0.467 e. The number of carbonyl (C=O) groups excluding carboxylic acids is 1. The zero-order valence-corrected chi connectivity index (χ0v) is 15.6. The summed E-state index contributed by atoms with van der Waals surface area (Å²) >= 11 is 1.63. The number of furan rings is 1. The maximum atomic E-state index is 13.2. The lowest BCUT2D eigenvalue weighted by atomic mass is 10.1. The van der Waals surface area contributed by atoms with Gasteiger partial charge in [0.15, 0.2) is 0 Å². The van der Waals surface area contributed by atoms with Crippen LogP contribution in [0, 0.1) is 0 Å². The highest BCUT2D eigenvalue weighted by atomic mass is 32.1. The van der Waals surface area contributed by atoms with E-state index in [1.807, 2.05) is 49.0 Å². The van der Waals surface area contributed by atoms with Gasteiger partial charge in [0.05, 0.1) is 31.1 Å². The number of aryl methyl sites for hydroxylation is 1. The van der Waals surface area contributed by atoms with Crippen LogP contribution in [0.25, 0.3) is 11.1 Å². The zero-order valence-electron chi connectivity index (χ0n) is 14.8. The van der Waals surface area contributed by atoms with E-state index in [0.717, 1.165) is 21.8 Å². The van der Waals surface area contributed by atoms with Crippen molar-refractivity contribution in [3.05, 3.63) is 83.0 Å². The summed E-state index contributed by atoms with van der Waals surface area (Å²) in [6.45, 7) is 0.926. The quantitative estimate of drug-likeness (QED) is 0.509. The molecule has 1 amide bonds. The monoisotopic (exact) mass is 378 g/mol. The van der Waals surface area contributed by atoms with Gasteiger partial charge in [0, 0.05) is 41.6 Å². The van der Waals surface area contributed by atoms with Crippen molar-refractivity contribution in [2.24, 2.45) is 7.05 Å². The van der Waals surface area contributed by atoms with Crippen molar-refractivity contribution in [1.82, 2.24) is 19.7 Å². The summed E-state index contributed by atoms with van der Waals surface area (Å²) in [5.74, 6) is 0.661. The summed E-state index contributed by atoms with van der Waals surface area (Å²) in [5.41, 5.74) is 2.33. The third-order valence-electron chi connectivity index (χ3n) is 4.16. The summed E-state index contributed by atoms with van der Waals surface area (Å²) in [5, 5.41) is 6.19. The van der Waals surface area contributed by atoms with Gasteiger partial charge in [0.1, 0.15) is 5.76 Å². The summed E-state index contributed by atoms with van der Waals surface area (Å²) < 4.78 is 7.17. The lowest BCUT2D eigenvalue weighted by Gasteiger charge is -2.21. The van der Waals surface area contributed by atoms with E-state index in [4.69, 9.17) is 4.42 Å². The van der Waals surface area contributed by atoms with Crippen LogP contribution in [-0.4, -0.2) is 25.6 Å². The molecule has 0 radical (unpaired) electrons. The molecule has 4 heterocycles. The fourth-order valence-corrected chi connectivity index (χ4v) is 3.57. The van der Waals surface area contributed by atoms with Gasteiger partial charge in [0.2, 0.25) is 0 Å². The first-order valence-electron chi connectivity index (χ1n) is 8.47. The van der Waals surface area contributed by atoms with Crippen molar-refractivity contribution < 1.29 is 9.21 Å². The molecular weight excluding hydrogens is 360 g/mol. The van der Waals surface area contributed by atoms with Crippen LogP contribution in [-0.2, 0) is 20.1 Å². The topological polar surface area (TPSA) is 64.2 Å². The molecule has 0 spiro atoms. The van der Waals surface area contributed by atoms with Gasteiger partial charge in [-0.25, -0.2) is 0 Å². The SMILES string of the molecule is Cn1cc(-c2cncc(C(=O)N(Cc3ccco3)Cc3cccs3)c2)cn1. The van der Waals surface area contributed by atoms with E-state index in [1.54, 1.807) is 45.8 Å². The molecule has 0 aliphatic heterocycles. The van der Waals surface area contributed by atoms with Gasteiger partial charge in [-0.05, 0) is 29.6 Å². The third kappa shape index (κ3) is 3.98. The second kappa shape index (κ2) is 7.59. The molecule has 0 saturated heterocycles. The summed E-state index contributed by atoms with van der Waals surface area (Å²) in [6, 6.07) is 9.57. The first-order chi connectivity index (χ1) is 13.2. The molecule has 7 heteroatoms. The maximum absolute atomic E-state index is 13.2. The molecule has 4 aromatic heterocycles. The Labute approximate surface area is 160 Å². The second-order valence-electron chi connectivity index (χ2n) is 6.18. The number of nitrogens with zero attached hydrogens (tertiary/aromatic N) is 4. The Bertz CT molecular complexity index is 986. The normalized spacial score (nSPS) is 10.9. The van der Waals surface area contributed by atoms with Gasteiger partial charge in [-0.1, -0.05) is 6.07 Å². The highest BCUT2D eigenvalue weighted by Gasteiger charge is 2.19. The van der Waals surface area contributed by atoms with Crippen molar-refractivity contribution in [2.45, 2.75) is 13.1 Å². The molecule has 0 fully saturated rings. The van der Waals surface area contributed by atoms with E-state index in [2.05, 4.69) is 10.1 Å². The maximum Gasteiger partial charge on any atom is 0.256 e. The van der Waals surface area contributed by atoms with Crippen molar-refractivity contribution in [3.63, 3.8) is 0 Å². The van der Waals surface area contributed by atoms with Crippen LogP contribution in [0.2, 0.25) is 0 Å². The van der Waals surface area contributed by atoms with Gasteiger partial charge in [0.25, 0.3) is 5.91 Å². The molecule has 0 aromatic carbocycles. The van der Waals surface area contributed by atoms with Crippen LogP contribution in [0.4, 0.5) is 0 Å². The lowest BCUT2D eigenvalue weighted by molar-refractivity contribution is 0.0719. The first kappa shape index (κ1) is 17.2. The first-order valence-corrected chi connectivity index (χ1v) is 9.35. The molecule has 0 unspecified atom stereocenters. The van der Waals surface area contributed by atoms with Gasteiger partial charge in [-0.3, -0.25) is 14.5 Å².